The first-order valence-electron chi connectivity index (χ1n) is 4.59. The predicted octanol–water partition coefficient (Wildman–Crippen LogP) is 0.685. The Balaban J connectivity index is 2.32. The second-order valence-electron chi connectivity index (χ2n) is 3.59. The van der Waals surface area contributed by atoms with Crippen LogP contribution in [-0.4, -0.2) is 40.4 Å². The van der Waals surface area contributed by atoms with Crippen LogP contribution < -0.4 is 5.32 Å². The first-order valence-corrected chi connectivity index (χ1v) is 4.59. The molecule has 0 aromatic carbocycles. The zero-order chi connectivity index (χ0) is 11.9. The number of carboxylic acid groups (broad SMARTS) is 1. The summed E-state index contributed by atoms with van der Waals surface area (Å²) < 4.78 is 37.8. The quantitative estimate of drug-likeness (QED) is 0.700. The van der Waals surface area contributed by atoms with Gasteiger partial charge in [-0.15, -0.1) is 0 Å². The van der Waals surface area contributed by atoms with Crippen LogP contribution in [0.1, 0.15) is 0 Å². The third-order valence-corrected chi connectivity index (χ3v) is 2.58. The number of alkyl halides is 3. The van der Waals surface area contributed by atoms with Crippen molar-refractivity contribution in [3.8, 4) is 0 Å². The Bertz CT molecular complexity index is 364. The molecule has 0 amide bonds. The zero-order valence-corrected chi connectivity index (χ0v) is 7.98. The first kappa shape index (κ1) is 11.0. The molecule has 2 aliphatic rings. The molecule has 7 heteroatoms. The molecule has 88 valence electrons. The Kier molecular flexibility index (Phi) is 2.42. The molecular weight excluding hydrogens is 225 g/mol. The fraction of sp³-hybridized carbons (Fsp3) is 0.444. The molecule has 2 N–H and O–H groups in total. The van der Waals surface area contributed by atoms with Crippen molar-refractivity contribution in [3.63, 3.8) is 0 Å². The average Bonchev–Trinajstić information content (AvgIpc) is 2.55. The lowest BCUT2D eigenvalue weighted by Gasteiger charge is -2.26. The van der Waals surface area contributed by atoms with Gasteiger partial charge in [-0.3, -0.25) is 5.32 Å². The molecular formula is C9H9F3N2O2. The van der Waals surface area contributed by atoms with Gasteiger partial charge in [0.2, 0.25) is 0 Å². The number of rotatable bonds is 1. The van der Waals surface area contributed by atoms with Crippen LogP contribution in [0.2, 0.25) is 0 Å². The van der Waals surface area contributed by atoms with E-state index in [0.717, 1.165) is 4.90 Å². The van der Waals surface area contributed by atoms with E-state index < -0.39 is 30.4 Å². The van der Waals surface area contributed by atoms with Gasteiger partial charge in [0, 0.05) is 6.20 Å². The van der Waals surface area contributed by atoms with E-state index in [0.29, 0.717) is 0 Å². The summed E-state index contributed by atoms with van der Waals surface area (Å²) in [5.74, 6) is -1.49. The molecule has 1 fully saturated rings. The number of aliphatic carboxylic acids is 1. The lowest BCUT2D eigenvalue weighted by Crippen LogP contribution is -2.49. The SMILES string of the molecule is O=C(O)C1C(C(F)(F)F)NC2C=CC=CN21. The average molecular weight is 234 g/mol. The van der Waals surface area contributed by atoms with Crippen molar-refractivity contribution in [1.82, 2.24) is 10.2 Å². The molecule has 3 atom stereocenters. The summed E-state index contributed by atoms with van der Waals surface area (Å²) in [6.07, 6.45) is 0.628. The van der Waals surface area contributed by atoms with Crippen LogP contribution in [0.3, 0.4) is 0 Å². The van der Waals surface area contributed by atoms with Crippen LogP contribution in [0, 0.1) is 0 Å². The Morgan fingerprint density at radius 3 is 2.62 bits per heavy atom. The van der Waals surface area contributed by atoms with Crippen molar-refractivity contribution in [2.24, 2.45) is 0 Å². The van der Waals surface area contributed by atoms with Gasteiger partial charge in [0.15, 0.2) is 6.04 Å². The third-order valence-electron chi connectivity index (χ3n) is 2.58. The molecule has 0 radical (unpaired) electrons. The number of allylic oxidation sites excluding steroid dienone is 2. The van der Waals surface area contributed by atoms with Gasteiger partial charge in [-0.1, -0.05) is 6.08 Å². The topological polar surface area (TPSA) is 52.6 Å². The number of hydrogen-bond acceptors (Lipinski definition) is 3. The second kappa shape index (κ2) is 3.51. The van der Waals surface area contributed by atoms with E-state index in [1.807, 2.05) is 0 Å². The number of nitrogens with one attached hydrogen (secondary N) is 1. The largest absolute Gasteiger partial charge is 0.480 e. The van der Waals surface area contributed by atoms with Gasteiger partial charge in [-0.2, -0.15) is 13.2 Å². The fourth-order valence-electron chi connectivity index (χ4n) is 1.91. The van der Waals surface area contributed by atoms with Crippen LogP contribution in [0.25, 0.3) is 0 Å². The molecule has 0 spiro atoms. The molecule has 1 saturated heterocycles. The number of halogens is 3. The van der Waals surface area contributed by atoms with Crippen LogP contribution >= 0.6 is 0 Å². The monoisotopic (exact) mass is 234 g/mol. The molecule has 0 aromatic rings. The van der Waals surface area contributed by atoms with Crippen LogP contribution in [0.5, 0.6) is 0 Å². The first-order chi connectivity index (χ1) is 7.41. The zero-order valence-electron chi connectivity index (χ0n) is 7.98. The molecule has 2 rings (SSSR count). The summed E-state index contributed by atoms with van der Waals surface area (Å²) >= 11 is 0. The summed E-state index contributed by atoms with van der Waals surface area (Å²) in [4.78, 5) is 12.0. The third kappa shape index (κ3) is 1.67. The van der Waals surface area contributed by atoms with Crippen LogP contribution in [-0.2, 0) is 4.79 Å². The van der Waals surface area contributed by atoms with E-state index in [9.17, 15) is 18.0 Å². The maximum atomic E-state index is 12.6. The highest BCUT2D eigenvalue weighted by Gasteiger charge is 2.55. The number of fused-ring (bicyclic) bond motifs is 1. The van der Waals surface area contributed by atoms with Crippen molar-refractivity contribution in [3.05, 3.63) is 24.4 Å². The predicted molar refractivity (Wildman–Crippen MR) is 48.3 cm³/mol. The Hall–Kier alpha value is -1.50. The Morgan fingerprint density at radius 2 is 2.06 bits per heavy atom. The minimum Gasteiger partial charge on any atom is -0.480 e. The smallest absolute Gasteiger partial charge is 0.406 e. The highest BCUT2D eigenvalue weighted by Crippen LogP contribution is 2.32. The molecule has 0 saturated carbocycles. The summed E-state index contributed by atoms with van der Waals surface area (Å²) in [5.41, 5.74) is 0. The lowest BCUT2D eigenvalue weighted by molar-refractivity contribution is -0.169. The van der Waals surface area contributed by atoms with Gasteiger partial charge < -0.3 is 10.0 Å². The molecule has 0 aromatic heterocycles. The Morgan fingerprint density at radius 1 is 1.38 bits per heavy atom. The normalized spacial score (nSPS) is 32.9. The van der Waals surface area contributed by atoms with Gasteiger partial charge in [-0.05, 0) is 12.2 Å². The molecule has 0 bridgehead atoms. The van der Waals surface area contributed by atoms with Gasteiger partial charge in [0.05, 0.1) is 6.17 Å². The van der Waals surface area contributed by atoms with Crippen molar-refractivity contribution >= 4 is 5.97 Å². The van der Waals surface area contributed by atoms with E-state index >= 15 is 0 Å². The van der Waals surface area contributed by atoms with E-state index in [2.05, 4.69) is 5.32 Å². The van der Waals surface area contributed by atoms with Gasteiger partial charge >= 0.3 is 12.1 Å². The van der Waals surface area contributed by atoms with Crippen molar-refractivity contribution in [2.75, 3.05) is 0 Å². The lowest BCUT2D eigenvalue weighted by atomic mass is 10.1. The van der Waals surface area contributed by atoms with Crippen molar-refractivity contribution < 1.29 is 23.1 Å². The van der Waals surface area contributed by atoms with E-state index in [4.69, 9.17) is 5.11 Å². The minimum absolute atomic E-state index is 0.710. The summed E-state index contributed by atoms with van der Waals surface area (Å²) in [6, 6.07) is -3.67. The summed E-state index contributed by atoms with van der Waals surface area (Å²) in [5, 5.41) is 11.1. The van der Waals surface area contributed by atoms with Crippen LogP contribution in [0.4, 0.5) is 13.2 Å². The van der Waals surface area contributed by atoms with Gasteiger partial charge in [0.25, 0.3) is 0 Å². The maximum absolute atomic E-state index is 12.6. The Labute approximate surface area is 89.0 Å². The molecule has 4 nitrogen and oxygen atoms in total. The van der Waals surface area contributed by atoms with Crippen molar-refractivity contribution in [2.45, 2.75) is 24.4 Å². The maximum Gasteiger partial charge on any atom is 0.406 e. The minimum atomic E-state index is -4.58. The second-order valence-corrected chi connectivity index (χ2v) is 3.59. The molecule has 16 heavy (non-hydrogen) atoms. The molecule has 2 aliphatic heterocycles. The molecule has 3 unspecified atom stereocenters. The number of nitrogens with zero attached hydrogens (tertiary/aromatic N) is 1. The highest BCUT2D eigenvalue weighted by molar-refractivity contribution is 5.75. The molecule has 2 heterocycles. The summed E-state index contributed by atoms with van der Waals surface area (Å²) in [6.45, 7) is 0. The fourth-order valence-corrected chi connectivity index (χ4v) is 1.91. The standard InChI is InChI=1S/C9H9F3N2O2/c10-9(11,12)7-6(8(15)16)14-4-2-1-3-5(14)13-7/h1-7,13H,(H,15,16). The number of carbonyl (C=O) groups is 1. The number of hydrogen-bond donors (Lipinski definition) is 2. The van der Waals surface area contributed by atoms with Crippen LogP contribution in [0.15, 0.2) is 24.4 Å². The summed E-state index contributed by atoms with van der Waals surface area (Å²) in [7, 11) is 0. The van der Waals surface area contributed by atoms with E-state index in [-0.39, 0.29) is 0 Å². The van der Waals surface area contributed by atoms with E-state index in [1.165, 1.54) is 18.4 Å². The van der Waals surface area contributed by atoms with Gasteiger partial charge in [0.1, 0.15) is 6.04 Å². The van der Waals surface area contributed by atoms with E-state index in [1.54, 1.807) is 6.08 Å². The van der Waals surface area contributed by atoms with Gasteiger partial charge in [-0.25, -0.2) is 4.79 Å². The number of carboxylic acids is 1. The van der Waals surface area contributed by atoms with Crippen molar-refractivity contribution in [1.29, 1.82) is 0 Å². The highest BCUT2D eigenvalue weighted by atomic mass is 19.4. The molecule has 0 aliphatic carbocycles.